The number of thiocarbonyl (C=S) groups is 1. The number of carbonyl (C=O) groups is 2. The second-order valence-electron chi connectivity index (χ2n) is 6.40. The molecule has 0 unspecified atom stereocenters. The Morgan fingerprint density at radius 2 is 2.23 bits per heavy atom. The number of amides is 1. The maximum absolute atomic E-state index is 12.6. The molecule has 3 rings (SSSR count). The molecule has 26 heavy (non-hydrogen) atoms. The molecule has 0 aromatic heterocycles. The molecule has 0 spiro atoms. The van der Waals surface area contributed by atoms with Gasteiger partial charge < -0.3 is 10.0 Å². The number of benzene rings is 1. The highest BCUT2D eigenvalue weighted by Crippen LogP contribution is 2.34. The van der Waals surface area contributed by atoms with E-state index >= 15 is 0 Å². The van der Waals surface area contributed by atoms with Crippen LogP contribution in [0.3, 0.4) is 0 Å². The fourth-order valence-corrected chi connectivity index (χ4v) is 4.63. The van der Waals surface area contributed by atoms with Crippen LogP contribution in [0, 0.1) is 0 Å². The zero-order chi connectivity index (χ0) is 18.7. The summed E-state index contributed by atoms with van der Waals surface area (Å²) in [4.78, 5) is 27.7. The number of anilines is 1. The molecule has 1 aromatic carbocycles. The van der Waals surface area contributed by atoms with Crippen molar-refractivity contribution in [1.82, 2.24) is 4.90 Å². The Hall–Kier alpha value is -1.86. The van der Waals surface area contributed by atoms with E-state index in [4.69, 9.17) is 17.3 Å². The Morgan fingerprint density at radius 1 is 1.42 bits per heavy atom. The highest BCUT2D eigenvalue weighted by molar-refractivity contribution is 8.26. The molecule has 138 valence electrons. The molecule has 0 atom stereocenters. The van der Waals surface area contributed by atoms with E-state index in [0.29, 0.717) is 22.2 Å². The molecule has 1 fully saturated rings. The number of aryl methyl sites for hydroxylation is 1. The van der Waals surface area contributed by atoms with Gasteiger partial charge in [-0.25, -0.2) is 0 Å². The molecule has 0 saturated carbocycles. The number of hydrogen-bond donors (Lipinski definition) is 1. The Morgan fingerprint density at radius 3 is 2.96 bits per heavy atom. The van der Waals surface area contributed by atoms with Crippen LogP contribution < -0.4 is 4.90 Å². The molecule has 2 aliphatic heterocycles. The Balaban J connectivity index is 1.77. The molecule has 7 heteroatoms. The second-order valence-corrected chi connectivity index (χ2v) is 8.08. The number of rotatable bonds is 6. The van der Waals surface area contributed by atoms with E-state index in [-0.39, 0.29) is 12.3 Å². The van der Waals surface area contributed by atoms with Gasteiger partial charge in [0.2, 0.25) is 0 Å². The van der Waals surface area contributed by atoms with Gasteiger partial charge in [-0.2, -0.15) is 0 Å². The van der Waals surface area contributed by atoms with E-state index < -0.39 is 5.97 Å². The SMILES string of the molecule is CCN1CCCc2ccc(C=C3SC(=S)N(CCCC(=O)O)C3=O)cc21. The Labute approximate surface area is 163 Å². The van der Waals surface area contributed by atoms with Crippen molar-refractivity contribution < 1.29 is 14.7 Å². The standard InChI is InChI=1S/C19H22N2O3S2/c1-2-20-9-3-5-14-8-7-13(11-15(14)20)12-16-18(24)21(19(25)26-16)10-4-6-17(22)23/h7-8,11-12H,2-6,9-10H2,1H3,(H,22,23). The smallest absolute Gasteiger partial charge is 0.303 e. The number of carboxylic acid groups (broad SMARTS) is 1. The van der Waals surface area contributed by atoms with E-state index in [2.05, 4.69) is 30.0 Å². The number of thioether (sulfide) groups is 1. The number of nitrogens with zero attached hydrogens (tertiary/aromatic N) is 2. The van der Waals surface area contributed by atoms with Crippen LogP contribution in [0.5, 0.6) is 0 Å². The summed E-state index contributed by atoms with van der Waals surface area (Å²) in [6.07, 6.45) is 4.60. The number of fused-ring (bicyclic) bond motifs is 1. The summed E-state index contributed by atoms with van der Waals surface area (Å²) in [5.41, 5.74) is 3.61. The number of carbonyl (C=O) groups excluding carboxylic acids is 1. The lowest BCUT2D eigenvalue weighted by Gasteiger charge is -2.30. The van der Waals surface area contributed by atoms with Crippen molar-refractivity contribution in [3.63, 3.8) is 0 Å². The molecule has 1 aromatic rings. The summed E-state index contributed by atoms with van der Waals surface area (Å²) in [6.45, 7) is 4.55. The Kier molecular flexibility index (Phi) is 5.98. The summed E-state index contributed by atoms with van der Waals surface area (Å²) in [5, 5.41) is 8.75. The van der Waals surface area contributed by atoms with E-state index in [1.807, 2.05) is 6.08 Å². The minimum Gasteiger partial charge on any atom is -0.481 e. The van der Waals surface area contributed by atoms with Gasteiger partial charge in [0.1, 0.15) is 4.32 Å². The fourth-order valence-electron chi connectivity index (χ4n) is 3.32. The van der Waals surface area contributed by atoms with Gasteiger partial charge >= 0.3 is 5.97 Å². The van der Waals surface area contributed by atoms with Crippen LogP contribution in [-0.2, 0) is 16.0 Å². The first-order chi connectivity index (χ1) is 12.5. The lowest BCUT2D eigenvalue weighted by Crippen LogP contribution is -2.29. The lowest BCUT2D eigenvalue weighted by atomic mass is 9.99. The zero-order valence-corrected chi connectivity index (χ0v) is 16.4. The third-order valence-electron chi connectivity index (χ3n) is 4.65. The molecule has 1 saturated heterocycles. The fraction of sp³-hybridized carbons (Fsp3) is 0.421. The number of aliphatic carboxylic acids is 1. The average molecular weight is 391 g/mol. The largest absolute Gasteiger partial charge is 0.481 e. The van der Waals surface area contributed by atoms with Crippen molar-refractivity contribution in [2.75, 3.05) is 24.5 Å². The van der Waals surface area contributed by atoms with Gasteiger partial charge in [0.25, 0.3) is 5.91 Å². The van der Waals surface area contributed by atoms with Crippen molar-refractivity contribution in [3.05, 3.63) is 34.2 Å². The predicted octanol–water partition coefficient (Wildman–Crippen LogP) is 3.53. The highest BCUT2D eigenvalue weighted by Gasteiger charge is 2.31. The van der Waals surface area contributed by atoms with Crippen LogP contribution in [-0.4, -0.2) is 45.8 Å². The minimum atomic E-state index is -0.861. The summed E-state index contributed by atoms with van der Waals surface area (Å²) in [6, 6.07) is 6.35. The molecule has 5 nitrogen and oxygen atoms in total. The number of carboxylic acids is 1. The van der Waals surface area contributed by atoms with Crippen LogP contribution in [0.1, 0.15) is 37.3 Å². The van der Waals surface area contributed by atoms with Crippen molar-refractivity contribution in [3.8, 4) is 0 Å². The van der Waals surface area contributed by atoms with Gasteiger partial charge in [0.05, 0.1) is 4.91 Å². The Bertz CT molecular complexity index is 776. The third kappa shape index (κ3) is 4.10. The van der Waals surface area contributed by atoms with Gasteiger partial charge in [-0.15, -0.1) is 0 Å². The van der Waals surface area contributed by atoms with Gasteiger partial charge in [0, 0.05) is 31.7 Å². The summed E-state index contributed by atoms with van der Waals surface area (Å²) >= 11 is 6.58. The first kappa shape index (κ1) is 18.9. The van der Waals surface area contributed by atoms with Crippen molar-refractivity contribution in [1.29, 1.82) is 0 Å². The van der Waals surface area contributed by atoms with Crippen LogP contribution in [0.4, 0.5) is 5.69 Å². The molecule has 0 radical (unpaired) electrons. The normalized spacial score (nSPS) is 18.6. The molecule has 0 bridgehead atoms. The monoisotopic (exact) mass is 390 g/mol. The van der Waals surface area contributed by atoms with Gasteiger partial charge in [-0.05, 0) is 49.5 Å². The van der Waals surface area contributed by atoms with Crippen LogP contribution in [0.15, 0.2) is 23.1 Å². The zero-order valence-electron chi connectivity index (χ0n) is 14.7. The topological polar surface area (TPSA) is 60.9 Å². The summed E-state index contributed by atoms with van der Waals surface area (Å²) in [5.74, 6) is -0.990. The van der Waals surface area contributed by atoms with E-state index in [1.165, 1.54) is 34.3 Å². The van der Waals surface area contributed by atoms with Crippen molar-refractivity contribution >= 4 is 51.9 Å². The molecule has 1 N–H and O–H groups in total. The second kappa shape index (κ2) is 8.22. The van der Waals surface area contributed by atoms with Gasteiger partial charge in [0.15, 0.2) is 0 Å². The quantitative estimate of drug-likeness (QED) is 0.592. The summed E-state index contributed by atoms with van der Waals surface area (Å²) < 4.78 is 0.500. The molecule has 2 aliphatic rings. The van der Waals surface area contributed by atoms with Crippen molar-refractivity contribution in [2.45, 2.75) is 32.6 Å². The average Bonchev–Trinajstić information content (AvgIpc) is 2.88. The summed E-state index contributed by atoms with van der Waals surface area (Å²) in [7, 11) is 0. The first-order valence-electron chi connectivity index (χ1n) is 8.84. The maximum atomic E-state index is 12.6. The van der Waals surface area contributed by atoms with Crippen LogP contribution >= 0.6 is 24.0 Å². The van der Waals surface area contributed by atoms with Gasteiger partial charge in [-0.3, -0.25) is 14.5 Å². The highest BCUT2D eigenvalue weighted by atomic mass is 32.2. The van der Waals surface area contributed by atoms with Crippen LogP contribution in [0.2, 0.25) is 0 Å². The molecular formula is C19H22N2O3S2. The van der Waals surface area contributed by atoms with E-state index in [1.54, 1.807) is 0 Å². The van der Waals surface area contributed by atoms with E-state index in [9.17, 15) is 9.59 Å². The van der Waals surface area contributed by atoms with Crippen LogP contribution in [0.25, 0.3) is 6.08 Å². The minimum absolute atomic E-state index is 0.0355. The predicted molar refractivity (Wildman–Crippen MR) is 109 cm³/mol. The third-order valence-corrected chi connectivity index (χ3v) is 6.03. The lowest BCUT2D eigenvalue weighted by molar-refractivity contribution is -0.137. The van der Waals surface area contributed by atoms with Gasteiger partial charge in [-0.1, -0.05) is 36.1 Å². The van der Waals surface area contributed by atoms with E-state index in [0.717, 1.165) is 25.1 Å². The maximum Gasteiger partial charge on any atom is 0.303 e. The molecule has 1 amide bonds. The molecule has 2 heterocycles. The molecule has 0 aliphatic carbocycles. The first-order valence-corrected chi connectivity index (χ1v) is 10.1. The molecular weight excluding hydrogens is 368 g/mol. The number of hydrogen-bond acceptors (Lipinski definition) is 5. The van der Waals surface area contributed by atoms with Crippen molar-refractivity contribution in [2.24, 2.45) is 0 Å².